The van der Waals surface area contributed by atoms with E-state index in [0.29, 0.717) is 22.4 Å². The summed E-state index contributed by atoms with van der Waals surface area (Å²) in [5.74, 6) is 0.397. The van der Waals surface area contributed by atoms with Crippen LogP contribution in [0.3, 0.4) is 0 Å². The molecule has 1 heterocycles. The van der Waals surface area contributed by atoms with Crippen LogP contribution in [0.15, 0.2) is 24.3 Å². The molecule has 0 saturated carbocycles. The Morgan fingerprint density at radius 1 is 1.21 bits per heavy atom. The molecule has 28 heavy (non-hydrogen) atoms. The number of carbonyl (C=O) groups excluding carboxylic acids is 1. The van der Waals surface area contributed by atoms with Crippen molar-refractivity contribution in [3.8, 4) is 22.6 Å². The Labute approximate surface area is 167 Å². The number of fused-ring (bicyclic) bond motifs is 3. The van der Waals surface area contributed by atoms with Crippen LogP contribution in [-0.2, 0) is 5.60 Å². The Morgan fingerprint density at radius 3 is 2.57 bits per heavy atom. The number of nitrogens with one attached hydrogen (secondary N) is 1. The molecule has 1 atom stereocenters. The van der Waals surface area contributed by atoms with Crippen LogP contribution in [0.1, 0.15) is 74.0 Å². The Bertz CT molecular complexity index is 915. The molecule has 2 N–H and O–H groups in total. The van der Waals surface area contributed by atoms with Gasteiger partial charge in [-0.15, -0.1) is 0 Å². The van der Waals surface area contributed by atoms with E-state index in [2.05, 4.69) is 25.2 Å². The molecule has 0 aliphatic carbocycles. The Kier molecular flexibility index (Phi) is 5.42. The molecule has 4 nitrogen and oxygen atoms in total. The van der Waals surface area contributed by atoms with Crippen LogP contribution in [0.25, 0.3) is 11.1 Å². The first kappa shape index (κ1) is 20.2. The number of phenols is 1. The van der Waals surface area contributed by atoms with Crippen molar-refractivity contribution in [2.75, 3.05) is 0 Å². The number of carbonyl (C=O) groups is 1. The Hall–Kier alpha value is -2.49. The SMILES string of the molecule is CCCC(CC)NC(=O)c1c(C)cc2c(c1O)-c1cc(C)ccc1C(C)(C)O2. The highest BCUT2D eigenvalue weighted by Gasteiger charge is 2.36. The third kappa shape index (κ3) is 3.48. The second-order valence-electron chi connectivity index (χ2n) is 8.32. The van der Waals surface area contributed by atoms with Crippen molar-refractivity contribution in [1.82, 2.24) is 5.32 Å². The molecule has 0 saturated heterocycles. The molecule has 0 radical (unpaired) electrons. The summed E-state index contributed by atoms with van der Waals surface area (Å²) in [6.07, 6.45) is 2.79. The van der Waals surface area contributed by atoms with Gasteiger partial charge in [-0.1, -0.05) is 44.0 Å². The summed E-state index contributed by atoms with van der Waals surface area (Å²) in [5, 5.41) is 14.3. The minimum Gasteiger partial charge on any atom is -0.506 e. The number of benzene rings is 2. The number of hydrogen-bond acceptors (Lipinski definition) is 3. The Balaban J connectivity index is 2.14. The van der Waals surface area contributed by atoms with Gasteiger partial charge in [-0.3, -0.25) is 4.79 Å². The van der Waals surface area contributed by atoms with Gasteiger partial charge < -0.3 is 15.2 Å². The molecule has 0 bridgehead atoms. The monoisotopic (exact) mass is 381 g/mol. The molecule has 2 aromatic carbocycles. The third-order valence-corrected chi connectivity index (χ3v) is 5.61. The van der Waals surface area contributed by atoms with Gasteiger partial charge in [-0.05, 0) is 57.7 Å². The van der Waals surface area contributed by atoms with Crippen LogP contribution >= 0.6 is 0 Å². The van der Waals surface area contributed by atoms with E-state index in [4.69, 9.17) is 4.74 Å². The predicted octanol–water partition coefficient (Wildman–Crippen LogP) is 5.61. The Morgan fingerprint density at radius 2 is 1.93 bits per heavy atom. The molecule has 0 spiro atoms. The van der Waals surface area contributed by atoms with Crippen LogP contribution < -0.4 is 10.1 Å². The lowest BCUT2D eigenvalue weighted by molar-refractivity contribution is 0.0929. The third-order valence-electron chi connectivity index (χ3n) is 5.61. The van der Waals surface area contributed by atoms with E-state index in [1.165, 1.54) is 0 Å². The molecule has 1 aliphatic rings. The number of aryl methyl sites for hydroxylation is 2. The van der Waals surface area contributed by atoms with Crippen LogP contribution in [0, 0.1) is 13.8 Å². The van der Waals surface area contributed by atoms with Gasteiger partial charge in [0.15, 0.2) is 0 Å². The van der Waals surface area contributed by atoms with Gasteiger partial charge in [0.25, 0.3) is 5.91 Å². The largest absolute Gasteiger partial charge is 0.506 e. The number of ether oxygens (including phenoxy) is 1. The smallest absolute Gasteiger partial charge is 0.255 e. The molecule has 0 fully saturated rings. The number of rotatable bonds is 5. The van der Waals surface area contributed by atoms with Crippen LogP contribution in [0.4, 0.5) is 0 Å². The molecule has 1 unspecified atom stereocenters. The first-order chi connectivity index (χ1) is 13.2. The van der Waals surface area contributed by atoms with Gasteiger partial charge in [0, 0.05) is 11.6 Å². The first-order valence-corrected chi connectivity index (χ1v) is 10.2. The first-order valence-electron chi connectivity index (χ1n) is 10.2. The molecular weight excluding hydrogens is 350 g/mol. The number of phenolic OH excluding ortho intramolecular Hbond substituents is 1. The number of aromatic hydroxyl groups is 1. The number of hydrogen-bond donors (Lipinski definition) is 2. The molecule has 4 heteroatoms. The molecule has 1 aliphatic heterocycles. The molecule has 2 aromatic rings. The maximum Gasteiger partial charge on any atom is 0.255 e. The second kappa shape index (κ2) is 7.50. The topological polar surface area (TPSA) is 58.6 Å². The molecule has 150 valence electrons. The fraction of sp³-hybridized carbons (Fsp3) is 0.458. The van der Waals surface area contributed by atoms with Crippen LogP contribution in [-0.4, -0.2) is 17.1 Å². The summed E-state index contributed by atoms with van der Waals surface area (Å²) < 4.78 is 6.23. The predicted molar refractivity (Wildman–Crippen MR) is 113 cm³/mol. The summed E-state index contributed by atoms with van der Waals surface area (Å²) in [5.41, 5.74) is 4.19. The van der Waals surface area contributed by atoms with E-state index < -0.39 is 5.60 Å². The summed E-state index contributed by atoms with van der Waals surface area (Å²) in [6, 6.07) is 8.13. The maximum absolute atomic E-state index is 13.0. The highest BCUT2D eigenvalue weighted by molar-refractivity contribution is 6.02. The molecule has 0 aromatic heterocycles. The van der Waals surface area contributed by atoms with Crippen molar-refractivity contribution in [1.29, 1.82) is 0 Å². The van der Waals surface area contributed by atoms with Crippen molar-refractivity contribution in [3.05, 3.63) is 46.5 Å². The lowest BCUT2D eigenvalue weighted by Crippen LogP contribution is -2.35. The van der Waals surface area contributed by atoms with Gasteiger partial charge in [0.05, 0.1) is 11.1 Å². The standard InChI is InChI=1S/C24H31NO3/c1-7-9-16(8-2)25-23(27)20-15(4)13-19-21(22(20)26)17-12-14(3)10-11-18(17)24(5,6)28-19/h10-13,16,26H,7-9H2,1-6H3,(H,25,27). The molecule has 3 rings (SSSR count). The fourth-order valence-electron chi connectivity index (χ4n) is 4.10. The van der Waals surface area contributed by atoms with Crippen molar-refractivity contribution in [2.24, 2.45) is 0 Å². The average Bonchev–Trinajstić information content (AvgIpc) is 2.59. The van der Waals surface area contributed by atoms with Gasteiger partial charge in [-0.25, -0.2) is 0 Å². The van der Waals surface area contributed by atoms with Gasteiger partial charge in [-0.2, -0.15) is 0 Å². The van der Waals surface area contributed by atoms with Gasteiger partial charge in [0.2, 0.25) is 0 Å². The zero-order valence-corrected chi connectivity index (χ0v) is 17.8. The molecular formula is C24H31NO3. The summed E-state index contributed by atoms with van der Waals surface area (Å²) >= 11 is 0. The van der Waals surface area contributed by atoms with E-state index in [1.54, 1.807) is 0 Å². The maximum atomic E-state index is 13.0. The zero-order chi connectivity index (χ0) is 20.6. The lowest BCUT2D eigenvalue weighted by atomic mass is 9.83. The summed E-state index contributed by atoms with van der Waals surface area (Å²) in [4.78, 5) is 13.0. The van der Waals surface area contributed by atoms with Gasteiger partial charge >= 0.3 is 0 Å². The van der Waals surface area contributed by atoms with E-state index >= 15 is 0 Å². The summed E-state index contributed by atoms with van der Waals surface area (Å²) in [7, 11) is 0. The highest BCUT2D eigenvalue weighted by Crippen LogP contribution is 2.51. The average molecular weight is 382 g/mol. The van der Waals surface area contributed by atoms with Crippen molar-refractivity contribution < 1.29 is 14.6 Å². The van der Waals surface area contributed by atoms with E-state index in [1.807, 2.05) is 45.9 Å². The van der Waals surface area contributed by atoms with E-state index in [-0.39, 0.29) is 17.7 Å². The minimum absolute atomic E-state index is 0.00111. The van der Waals surface area contributed by atoms with Crippen molar-refractivity contribution in [2.45, 2.75) is 72.4 Å². The van der Waals surface area contributed by atoms with Crippen molar-refractivity contribution >= 4 is 5.91 Å². The lowest BCUT2D eigenvalue weighted by Gasteiger charge is -2.36. The van der Waals surface area contributed by atoms with E-state index in [0.717, 1.165) is 36.0 Å². The minimum atomic E-state index is -0.507. The van der Waals surface area contributed by atoms with E-state index in [9.17, 15) is 9.90 Å². The number of amides is 1. The fourth-order valence-corrected chi connectivity index (χ4v) is 4.10. The zero-order valence-electron chi connectivity index (χ0n) is 17.8. The van der Waals surface area contributed by atoms with Gasteiger partial charge in [0.1, 0.15) is 17.1 Å². The highest BCUT2D eigenvalue weighted by atomic mass is 16.5. The second-order valence-corrected chi connectivity index (χ2v) is 8.32. The van der Waals surface area contributed by atoms with Crippen molar-refractivity contribution in [3.63, 3.8) is 0 Å². The van der Waals surface area contributed by atoms with Crippen LogP contribution in [0.2, 0.25) is 0 Å². The summed E-state index contributed by atoms with van der Waals surface area (Å²) in [6.45, 7) is 12.1. The van der Waals surface area contributed by atoms with Crippen LogP contribution in [0.5, 0.6) is 11.5 Å². The molecule has 1 amide bonds. The quantitative estimate of drug-likeness (QED) is 0.707. The normalized spacial score (nSPS) is 15.2.